The highest BCUT2D eigenvalue weighted by molar-refractivity contribution is 6.02. The van der Waals surface area contributed by atoms with Crippen molar-refractivity contribution >= 4 is 17.6 Å². The third-order valence-electron chi connectivity index (χ3n) is 4.04. The highest BCUT2D eigenvalue weighted by Crippen LogP contribution is 2.37. The zero-order chi connectivity index (χ0) is 17.9. The Morgan fingerprint density at radius 1 is 1.19 bits per heavy atom. The van der Waals surface area contributed by atoms with E-state index in [4.69, 9.17) is 4.74 Å². The molecule has 3 aromatic rings. The van der Waals surface area contributed by atoms with E-state index in [9.17, 15) is 4.79 Å². The van der Waals surface area contributed by atoms with E-state index < -0.39 is 12.0 Å². The SMILES string of the molecule is CCOC(=O)C1=C(c2ccccc2)Nc2nnnn2C1c1ccccn1. The van der Waals surface area contributed by atoms with Crippen LogP contribution in [0, 0.1) is 0 Å². The highest BCUT2D eigenvalue weighted by Gasteiger charge is 2.37. The summed E-state index contributed by atoms with van der Waals surface area (Å²) in [4.78, 5) is 17.3. The van der Waals surface area contributed by atoms with Gasteiger partial charge in [0.05, 0.1) is 23.6 Å². The Labute approximate surface area is 149 Å². The number of tetrazole rings is 1. The monoisotopic (exact) mass is 348 g/mol. The molecule has 0 fully saturated rings. The van der Waals surface area contributed by atoms with Crippen LogP contribution in [0.1, 0.15) is 24.2 Å². The molecule has 1 N–H and O–H groups in total. The number of hydrogen-bond acceptors (Lipinski definition) is 7. The minimum atomic E-state index is -0.586. The minimum absolute atomic E-state index is 0.266. The molecule has 1 atom stereocenters. The molecule has 8 nitrogen and oxygen atoms in total. The van der Waals surface area contributed by atoms with Gasteiger partial charge in [0.2, 0.25) is 5.95 Å². The molecule has 0 spiro atoms. The Kier molecular flexibility index (Phi) is 4.14. The largest absolute Gasteiger partial charge is 0.463 e. The number of rotatable bonds is 4. The number of hydrogen-bond donors (Lipinski definition) is 1. The number of ether oxygens (including phenoxy) is 1. The molecule has 0 bridgehead atoms. The van der Waals surface area contributed by atoms with Crippen LogP contribution in [0.15, 0.2) is 60.3 Å². The zero-order valence-electron chi connectivity index (χ0n) is 14.0. The number of fused-ring (bicyclic) bond motifs is 1. The van der Waals surface area contributed by atoms with Crippen molar-refractivity contribution in [1.29, 1.82) is 0 Å². The molecule has 8 heteroatoms. The molecule has 4 rings (SSSR count). The summed E-state index contributed by atoms with van der Waals surface area (Å²) in [5.74, 6) is 0.00297. The summed E-state index contributed by atoms with van der Waals surface area (Å²) >= 11 is 0. The number of aromatic nitrogens is 5. The summed E-state index contributed by atoms with van der Waals surface area (Å²) in [6.45, 7) is 2.04. The van der Waals surface area contributed by atoms with Crippen molar-refractivity contribution in [2.45, 2.75) is 13.0 Å². The topological polar surface area (TPSA) is 94.8 Å². The number of pyridine rings is 1. The average molecular weight is 348 g/mol. The molecule has 0 saturated carbocycles. The van der Waals surface area contributed by atoms with E-state index in [1.165, 1.54) is 0 Å². The van der Waals surface area contributed by atoms with Crippen molar-refractivity contribution in [3.8, 4) is 0 Å². The Bertz CT molecular complexity index is 952. The maximum absolute atomic E-state index is 12.9. The lowest BCUT2D eigenvalue weighted by atomic mass is 9.95. The normalized spacial score (nSPS) is 16.0. The van der Waals surface area contributed by atoms with Gasteiger partial charge in [0, 0.05) is 6.20 Å². The van der Waals surface area contributed by atoms with Crippen molar-refractivity contribution in [3.63, 3.8) is 0 Å². The molecule has 2 aromatic heterocycles. The summed E-state index contributed by atoms with van der Waals surface area (Å²) < 4.78 is 6.87. The van der Waals surface area contributed by atoms with Crippen LogP contribution in [0.5, 0.6) is 0 Å². The third kappa shape index (κ3) is 2.71. The van der Waals surface area contributed by atoms with E-state index in [1.807, 2.05) is 48.5 Å². The molecule has 1 aliphatic rings. The number of carbonyl (C=O) groups is 1. The number of nitrogens with one attached hydrogen (secondary N) is 1. The number of esters is 1. The molecule has 0 aliphatic carbocycles. The second-order valence-electron chi connectivity index (χ2n) is 5.60. The first-order chi connectivity index (χ1) is 12.8. The van der Waals surface area contributed by atoms with Crippen molar-refractivity contribution in [2.75, 3.05) is 11.9 Å². The van der Waals surface area contributed by atoms with Crippen LogP contribution in [0.3, 0.4) is 0 Å². The Hall–Kier alpha value is -3.55. The molecule has 26 heavy (non-hydrogen) atoms. The fraction of sp³-hybridized carbons (Fsp3) is 0.167. The average Bonchev–Trinajstić information content (AvgIpc) is 3.16. The third-order valence-corrected chi connectivity index (χ3v) is 4.04. The fourth-order valence-electron chi connectivity index (χ4n) is 2.95. The molecule has 1 aliphatic heterocycles. The Morgan fingerprint density at radius 3 is 2.73 bits per heavy atom. The second kappa shape index (κ2) is 6.75. The molecule has 3 heterocycles. The van der Waals surface area contributed by atoms with Gasteiger partial charge >= 0.3 is 5.97 Å². The maximum atomic E-state index is 12.9. The summed E-state index contributed by atoms with van der Waals surface area (Å²) in [6, 6.07) is 14.5. The molecule has 1 unspecified atom stereocenters. The van der Waals surface area contributed by atoms with Gasteiger partial charge in [0.1, 0.15) is 6.04 Å². The van der Waals surface area contributed by atoms with Gasteiger partial charge in [-0.3, -0.25) is 4.98 Å². The van der Waals surface area contributed by atoms with Gasteiger partial charge in [-0.1, -0.05) is 41.5 Å². The predicted octanol–water partition coefficient (Wildman–Crippen LogP) is 2.06. The summed E-state index contributed by atoms with van der Waals surface area (Å²) in [5.41, 5.74) is 2.52. The molecule has 130 valence electrons. The van der Waals surface area contributed by atoms with Gasteiger partial charge in [-0.25, -0.2) is 4.79 Å². The van der Waals surface area contributed by atoms with E-state index in [0.29, 0.717) is 22.9 Å². The molecular formula is C18H16N6O2. The van der Waals surface area contributed by atoms with Gasteiger partial charge in [0.15, 0.2) is 0 Å². The number of anilines is 1. The van der Waals surface area contributed by atoms with E-state index in [1.54, 1.807) is 17.8 Å². The van der Waals surface area contributed by atoms with Crippen LogP contribution in [0.4, 0.5) is 5.95 Å². The van der Waals surface area contributed by atoms with Gasteiger partial charge in [-0.15, -0.1) is 0 Å². The van der Waals surface area contributed by atoms with Crippen LogP contribution >= 0.6 is 0 Å². The van der Waals surface area contributed by atoms with Crippen molar-refractivity contribution in [1.82, 2.24) is 25.2 Å². The van der Waals surface area contributed by atoms with Gasteiger partial charge in [0.25, 0.3) is 0 Å². The summed E-state index contributed by atoms with van der Waals surface area (Å²) in [5, 5.41) is 15.0. The smallest absolute Gasteiger partial charge is 0.338 e. The van der Waals surface area contributed by atoms with Gasteiger partial charge in [-0.2, -0.15) is 4.68 Å². The summed E-state index contributed by atoms with van der Waals surface area (Å²) in [6.07, 6.45) is 1.67. The fourth-order valence-corrected chi connectivity index (χ4v) is 2.95. The lowest BCUT2D eigenvalue weighted by Gasteiger charge is -2.28. The molecule has 0 amide bonds. The van der Waals surface area contributed by atoms with Crippen LogP contribution in [0.25, 0.3) is 5.70 Å². The molecule has 0 saturated heterocycles. The molecular weight excluding hydrogens is 332 g/mol. The second-order valence-corrected chi connectivity index (χ2v) is 5.60. The van der Waals surface area contributed by atoms with Crippen LogP contribution < -0.4 is 5.32 Å². The van der Waals surface area contributed by atoms with Gasteiger partial charge in [-0.05, 0) is 35.0 Å². The Balaban J connectivity index is 1.96. The number of nitrogens with zero attached hydrogens (tertiary/aromatic N) is 5. The quantitative estimate of drug-likeness (QED) is 0.721. The first kappa shape index (κ1) is 15.9. The van der Waals surface area contributed by atoms with Crippen LogP contribution in [-0.2, 0) is 9.53 Å². The Morgan fingerprint density at radius 2 is 2.00 bits per heavy atom. The lowest BCUT2D eigenvalue weighted by Crippen LogP contribution is -2.30. The first-order valence-corrected chi connectivity index (χ1v) is 8.22. The maximum Gasteiger partial charge on any atom is 0.338 e. The van der Waals surface area contributed by atoms with E-state index in [0.717, 1.165) is 5.56 Å². The van der Waals surface area contributed by atoms with Crippen LogP contribution in [0.2, 0.25) is 0 Å². The predicted molar refractivity (Wildman–Crippen MR) is 93.8 cm³/mol. The summed E-state index contributed by atoms with van der Waals surface area (Å²) in [7, 11) is 0. The minimum Gasteiger partial charge on any atom is -0.463 e. The van der Waals surface area contributed by atoms with Crippen molar-refractivity contribution in [2.24, 2.45) is 0 Å². The van der Waals surface area contributed by atoms with E-state index >= 15 is 0 Å². The van der Waals surface area contributed by atoms with Crippen LogP contribution in [-0.4, -0.2) is 37.8 Å². The number of benzene rings is 1. The first-order valence-electron chi connectivity index (χ1n) is 8.22. The molecule has 0 radical (unpaired) electrons. The molecule has 1 aromatic carbocycles. The zero-order valence-corrected chi connectivity index (χ0v) is 14.0. The van der Waals surface area contributed by atoms with Crippen molar-refractivity contribution in [3.05, 3.63) is 71.6 Å². The van der Waals surface area contributed by atoms with E-state index in [-0.39, 0.29) is 6.61 Å². The standard InChI is InChI=1S/C18H16N6O2/c1-2-26-17(25)14-15(12-8-4-3-5-9-12)20-18-21-22-23-24(18)16(14)13-10-6-7-11-19-13/h3-11,16H,2H2,1H3,(H,20,21,23). The van der Waals surface area contributed by atoms with Crippen molar-refractivity contribution < 1.29 is 9.53 Å². The highest BCUT2D eigenvalue weighted by atomic mass is 16.5. The van der Waals surface area contributed by atoms with Gasteiger partial charge < -0.3 is 10.1 Å². The van der Waals surface area contributed by atoms with E-state index in [2.05, 4.69) is 25.8 Å². The lowest BCUT2D eigenvalue weighted by molar-refractivity contribution is -0.138. The number of carbonyl (C=O) groups excluding carboxylic acids is 1.